The van der Waals surface area contributed by atoms with Gasteiger partial charge in [0.25, 0.3) is 11.6 Å². The number of carbonyl (C=O) groups is 2. The third-order valence-corrected chi connectivity index (χ3v) is 4.79. The zero-order chi connectivity index (χ0) is 23.8. The summed E-state index contributed by atoms with van der Waals surface area (Å²) in [5.41, 5.74) is 3.13. The minimum absolute atomic E-state index is 0.0816. The maximum Gasteiger partial charge on any atom is 0.343 e. The lowest BCUT2D eigenvalue weighted by Gasteiger charge is -2.12. The van der Waals surface area contributed by atoms with Crippen LogP contribution in [0.25, 0.3) is 0 Å². The van der Waals surface area contributed by atoms with Gasteiger partial charge in [-0.1, -0.05) is 34.1 Å². The van der Waals surface area contributed by atoms with E-state index in [9.17, 15) is 19.7 Å². The van der Waals surface area contributed by atoms with Gasteiger partial charge in [0.1, 0.15) is 11.5 Å². The predicted molar refractivity (Wildman–Crippen MR) is 124 cm³/mol. The molecule has 0 saturated carbocycles. The van der Waals surface area contributed by atoms with E-state index in [1.165, 1.54) is 37.4 Å². The van der Waals surface area contributed by atoms with E-state index in [2.05, 4.69) is 26.5 Å². The Hall–Kier alpha value is -4.05. The topological polar surface area (TPSA) is 120 Å². The van der Waals surface area contributed by atoms with Gasteiger partial charge in [0.2, 0.25) is 0 Å². The average molecular weight is 512 g/mol. The quantitative estimate of drug-likeness (QED) is 0.156. The molecule has 9 nitrogen and oxygen atoms in total. The Morgan fingerprint density at radius 2 is 1.79 bits per heavy atom. The smallest absolute Gasteiger partial charge is 0.343 e. The SMILES string of the molecule is CC(Oc1ccc([N+](=O)[O-])cc1)C(=O)NN=Cc1cc(Br)ccc1OC(=O)c1ccccc1. The van der Waals surface area contributed by atoms with Gasteiger partial charge in [0.05, 0.1) is 16.7 Å². The normalized spacial score (nSPS) is 11.6. The average Bonchev–Trinajstić information content (AvgIpc) is 2.81. The van der Waals surface area contributed by atoms with E-state index in [4.69, 9.17) is 9.47 Å². The van der Waals surface area contributed by atoms with E-state index >= 15 is 0 Å². The Kier molecular flexibility index (Phi) is 7.87. The van der Waals surface area contributed by atoms with Crippen molar-refractivity contribution in [2.75, 3.05) is 0 Å². The summed E-state index contributed by atoms with van der Waals surface area (Å²) in [5, 5.41) is 14.6. The predicted octanol–water partition coefficient (Wildman–Crippen LogP) is 4.49. The van der Waals surface area contributed by atoms with Crippen LogP contribution in [0.5, 0.6) is 11.5 Å². The second-order valence-corrected chi connectivity index (χ2v) is 7.60. The van der Waals surface area contributed by atoms with Crippen molar-refractivity contribution < 1.29 is 24.0 Å². The van der Waals surface area contributed by atoms with E-state index in [1.807, 2.05) is 0 Å². The van der Waals surface area contributed by atoms with Gasteiger partial charge in [-0.15, -0.1) is 0 Å². The molecule has 0 radical (unpaired) electrons. The molecular formula is C23H18BrN3O6. The first-order chi connectivity index (χ1) is 15.8. The van der Waals surface area contributed by atoms with Crippen LogP contribution in [-0.2, 0) is 4.79 Å². The van der Waals surface area contributed by atoms with Crippen LogP contribution in [-0.4, -0.2) is 29.1 Å². The first-order valence-electron chi connectivity index (χ1n) is 9.64. The van der Waals surface area contributed by atoms with Gasteiger partial charge in [-0.25, -0.2) is 10.2 Å². The number of hydrogen-bond donors (Lipinski definition) is 1. The fourth-order valence-electron chi connectivity index (χ4n) is 2.61. The molecule has 3 rings (SSSR count). The summed E-state index contributed by atoms with van der Waals surface area (Å²) >= 11 is 3.35. The summed E-state index contributed by atoms with van der Waals surface area (Å²) in [6, 6.07) is 18.9. The zero-order valence-electron chi connectivity index (χ0n) is 17.3. The molecule has 1 atom stereocenters. The Labute approximate surface area is 197 Å². The summed E-state index contributed by atoms with van der Waals surface area (Å²) in [6.45, 7) is 1.51. The number of nitro benzene ring substituents is 1. The second kappa shape index (κ2) is 11.0. The maximum absolute atomic E-state index is 12.4. The van der Waals surface area contributed by atoms with Gasteiger partial charge in [-0.3, -0.25) is 14.9 Å². The van der Waals surface area contributed by atoms with Crippen molar-refractivity contribution in [3.63, 3.8) is 0 Å². The van der Waals surface area contributed by atoms with Crippen LogP contribution >= 0.6 is 15.9 Å². The third-order valence-electron chi connectivity index (χ3n) is 4.29. The summed E-state index contributed by atoms with van der Waals surface area (Å²) in [5.74, 6) is -0.501. The highest BCUT2D eigenvalue weighted by atomic mass is 79.9. The fraction of sp³-hybridized carbons (Fsp3) is 0.0870. The molecule has 0 bridgehead atoms. The first kappa shape index (κ1) is 23.6. The number of nitrogens with one attached hydrogen (secondary N) is 1. The number of halogens is 1. The number of hydrazone groups is 1. The second-order valence-electron chi connectivity index (χ2n) is 6.68. The number of nitrogens with zero attached hydrogens (tertiary/aromatic N) is 2. The maximum atomic E-state index is 12.4. The molecule has 0 spiro atoms. The number of hydrogen-bond acceptors (Lipinski definition) is 7. The molecule has 1 amide bonds. The molecule has 3 aromatic carbocycles. The monoisotopic (exact) mass is 511 g/mol. The highest BCUT2D eigenvalue weighted by Gasteiger charge is 2.15. The minimum atomic E-state index is -0.915. The molecule has 0 aromatic heterocycles. The van der Waals surface area contributed by atoms with Crippen molar-refractivity contribution >= 4 is 39.7 Å². The molecule has 1 unspecified atom stereocenters. The van der Waals surface area contributed by atoms with Crippen LogP contribution in [0.3, 0.4) is 0 Å². The molecule has 1 N–H and O–H groups in total. The molecule has 3 aromatic rings. The molecule has 0 heterocycles. The lowest BCUT2D eigenvalue weighted by Crippen LogP contribution is -2.33. The fourth-order valence-corrected chi connectivity index (χ4v) is 2.99. The lowest BCUT2D eigenvalue weighted by atomic mass is 10.2. The van der Waals surface area contributed by atoms with Crippen LogP contribution in [0.4, 0.5) is 5.69 Å². The van der Waals surface area contributed by atoms with E-state index in [1.54, 1.807) is 48.5 Å². The molecule has 0 fully saturated rings. The molecule has 0 aliphatic carbocycles. The van der Waals surface area contributed by atoms with Crippen LogP contribution in [0.2, 0.25) is 0 Å². The molecular weight excluding hydrogens is 494 g/mol. The summed E-state index contributed by atoms with van der Waals surface area (Å²) in [4.78, 5) is 34.8. The summed E-state index contributed by atoms with van der Waals surface area (Å²) in [7, 11) is 0. The number of carbonyl (C=O) groups excluding carboxylic acids is 2. The lowest BCUT2D eigenvalue weighted by molar-refractivity contribution is -0.384. The van der Waals surface area contributed by atoms with Gasteiger partial charge in [0.15, 0.2) is 6.10 Å². The van der Waals surface area contributed by atoms with E-state index in [-0.39, 0.29) is 11.4 Å². The van der Waals surface area contributed by atoms with Gasteiger partial charge >= 0.3 is 5.97 Å². The van der Waals surface area contributed by atoms with E-state index in [0.717, 1.165) is 4.47 Å². The number of amides is 1. The minimum Gasteiger partial charge on any atom is -0.481 e. The van der Waals surface area contributed by atoms with E-state index < -0.39 is 22.9 Å². The van der Waals surface area contributed by atoms with Gasteiger partial charge in [-0.2, -0.15) is 5.10 Å². The van der Waals surface area contributed by atoms with E-state index in [0.29, 0.717) is 16.9 Å². The molecule has 10 heteroatoms. The molecule has 0 aliphatic heterocycles. The Morgan fingerprint density at radius 1 is 1.09 bits per heavy atom. The van der Waals surface area contributed by atoms with Crippen molar-refractivity contribution in [1.82, 2.24) is 5.43 Å². The largest absolute Gasteiger partial charge is 0.481 e. The standard InChI is InChI=1S/C23H18BrN3O6/c1-15(32-20-10-8-19(9-11-20)27(30)31)22(28)26-25-14-17-13-18(24)7-12-21(17)33-23(29)16-5-3-2-4-6-16/h2-15H,1H3,(H,26,28). The van der Waals surface area contributed by atoms with Gasteiger partial charge < -0.3 is 9.47 Å². The molecule has 0 aliphatic rings. The number of benzene rings is 3. The number of rotatable bonds is 8. The number of nitro groups is 1. The molecule has 168 valence electrons. The Balaban J connectivity index is 1.63. The molecule has 33 heavy (non-hydrogen) atoms. The van der Waals surface area contributed by atoms with Crippen molar-refractivity contribution in [2.45, 2.75) is 13.0 Å². The van der Waals surface area contributed by atoms with Gasteiger partial charge in [-0.05, 0) is 49.4 Å². The summed E-state index contributed by atoms with van der Waals surface area (Å²) < 4.78 is 11.7. The van der Waals surface area contributed by atoms with Crippen LogP contribution in [0.15, 0.2) is 82.4 Å². The Morgan fingerprint density at radius 3 is 2.45 bits per heavy atom. The van der Waals surface area contributed by atoms with Crippen molar-refractivity contribution in [3.05, 3.63) is 98.5 Å². The number of ether oxygens (including phenoxy) is 2. The third kappa shape index (κ3) is 6.71. The molecule has 0 saturated heterocycles. The Bertz CT molecular complexity index is 1180. The van der Waals surface area contributed by atoms with Crippen LogP contribution in [0.1, 0.15) is 22.8 Å². The van der Waals surface area contributed by atoms with Crippen LogP contribution in [0, 0.1) is 10.1 Å². The zero-order valence-corrected chi connectivity index (χ0v) is 18.9. The highest BCUT2D eigenvalue weighted by Crippen LogP contribution is 2.23. The van der Waals surface area contributed by atoms with Crippen LogP contribution < -0.4 is 14.9 Å². The number of esters is 1. The van der Waals surface area contributed by atoms with Crippen molar-refractivity contribution in [3.8, 4) is 11.5 Å². The first-order valence-corrected chi connectivity index (χ1v) is 10.4. The highest BCUT2D eigenvalue weighted by molar-refractivity contribution is 9.10. The van der Waals surface area contributed by atoms with Crippen molar-refractivity contribution in [2.24, 2.45) is 5.10 Å². The summed E-state index contributed by atoms with van der Waals surface area (Å²) in [6.07, 6.45) is 0.427. The number of non-ortho nitro benzene ring substituents is 1. The van der Waals surface area contributed by atoms with Crippen molar-refractivity contribution in [1.29, 1.82) is 0 Å². The van der Waals surface area contributed by atoms with Gasteiger partial charge in [0, 0.05) is 22.2 Å².